The fourth-order valence-corrected chi connectivity index (χ4v) is 1.98. The summed E-state index contributed by atoms with van der Waals surface area (Å²) in [6, 6.07) is 1.75. The standard InChI is InChI=1S/C11H15ClN2O/c1-11(2)5-8(11)10-13-7(6-15-3)4-9(12)14-10/h4,8H,5-6H2,1-3H3. The molecule has 0 radical (unpaired) electrons. The molecule has 0 N–H and O–H groups in total. The van der Waals surface area contributed by atoms with Gasteiger partial charge in [0, 0.05) is 13.0 Å². The summed E-state index contributed by atoms with van der Waals surface area (Å²) < 4.78 is 5.04. The number of hydrogen-bond donors (Lipinski definition) is 0. The lowest BCUT2D eigenvalue weighted by Crippen LogP contribution is -2.02. The predicted molar refractivity (Wildman–Crippen MR) is 58.9 cm³/mol. The van der Waals surface area contributed by atoms with Gasteiger partial charge in [0.1, 0.15) is 11.0 Å². The highest BCUT2D eigenvalue weighted by Gasteiger charge is 2.48. The molecule has 1 unspecified atom stereocenters. The molecule has 0 aromatic carbocycles. The molecular weight excluding hydrogens is 212 g/mol. The minimum atomic E-state index is 0.328. The predicted octanol–water partition coefficient (Wildman–Crippen LogP) is 2.79. The normalized spacial score (nSPS) is 22.8. The van der Waals surface area contributed by atoms with Gasteiger partial charge in [0.2, 0.25) is 0 Å². The lowest BCUT2D eigenvalue weighted by molar-refractivity contribution is 0.181. The van der Waals surface area contributed by atoms with Crippen LogP contribution in [0, 0.1) is 5.41 Å². The Morgan fingerprint density at radius 1 is 1.53 bits per heavy atom. The van der Waals surface area contributed by atoms with Gasteiger partial charge in [0.15, 0.2) is 0 Å². The van der Waals surface area contributed by atoms with Crippen molar-refractivity contribution in [2.75, 3.05) is 7.11 Å². The Morgan fingerprint density at radius 2 is 2.20 bits per heavy atom. The molecule has 0 aliphatic heterocycles. The summed E-state index contributed by atoms with van der Waals surface area (Å²) in [5, 5.41) is 0.509. The summed E-state index contributed by atoms with van der Waals surface area (Å²) in [5.41, 5.74) is 1.19. The minimum Gasteiger partial charge on any atom is -0.378 e. The van der Waals surface area contributed by atoms with Crippen molar-refractivity contribution >= 4 is 11.6 Å². The van der Waals surface area contributed by atoms with E-state index in [0.717, 1.165) is 17.9 Å². The highest BCUT2D eigenvalue weighted by molar-refractivity contribution is 6.29. The third-order valence-electron chi connectivity index (χ3n) is 2.88. The first-order chi connectivity index (χ1) is 7.03. The molecule has 1 saturated carbocycles. The second-order valence-corrected chi connectivity index (χ2v) is 5.11. The first-order valence-corrected chi connectivity index (χ1v) is 5.43. The van der Waals surface area contributed by atoms with E-state index in [1.54, 1.807) is 13.2 Å². The van der Waals surface area contributed by atoms with E-state index in [-0.39, 0.29) is 0 Å². The van der Waals surface area contributed by atoms with E-state index in [0.29, 0.717) is 23.1 Å². The van der Waals surface area contributed by atoms with Crippen molar-refractivity contribution in [2.24, 2.45) is 5.41 Å². The summed E-state index contributed by atoms with van der Waals surface area (Å²) in [6.07, 6.45) is 1.14. The first kappa shape index (κ1) is 10.8. The van der Waals surface area contributed by atoms with Gasteiger partial charge in [-0.3, -0.25) is 0 Å². The van der Waals surface area contributed by atoms with Gasteiger partial charge in [0.05, 0.1) is 12.3 Å². The molecule has 1 atom stereocenters. The molecule has 82 valence electrons. The zero-order chi connectivity index (χ0) is 11.1. The van der Waals surface area contributed by atoms with E-state index in [9.17, 15) is 0 Å². The Labute approximate surface area is 94.8 Å². The maximum Gasteiger partial charge on any atom is 0.134 e. The number of ether oxygens (including phenoxy) is 1. The van der Waals surface area contributed by atoms with E-state index < -0.39 is 0 Å². The number of rotatable bonds is 3. The zero-order valence-corrected chi connectivity index (χ0v) is 10.0. The van der Waals surface area contributed by atoms with Crippen LogP contribution in [0.3, 0.4) is 0 Å². The Bertz CT molecular complexity index is 379. The van der Waals surface area contributed by atoms with Gasteiger partial charge in [-0.2, -0.15) is 0 Å². The van der Waals surface area contributed by atoms with Gasteiger partial charge in [-0.15, -0.1) is 0 Å². The fraction of sp³-hybridized carbons (Fsp3) is 0.636. The fourth-order valence-electron chi connectivity index (χ4n) is 1.77. The molecular formula is C11H15ClN2O. The van der Waals surface area contributed by atoms with Gasteiger partial charge in [-0.05, 0) is 17.9 Å². The van der Waals surface area contributed by atoms with Crippen LogP contribution in [0.4, 0.5) is 0 Å². The maximum absolute atomic E-state index is 5.94. The van der Waals surface area contributed by atoms with Crippen LogP contribution < -0.4 is 0 Å². The highest BCUT2D eigenvalue weighted by atomic mass is 35.5. The third-order valence-corrected chi connectivity index (χ3v) is 3.08. The Morgan fingerprint density at radius 3 is 2.73 bits per heavy atom. The number of methoxy groups -OCH3 is 1. The van der Waals surface area contributed by atoms with Crippen LogP contribution in [0.1, 0.15) is 37.7 Å². The first-order valence-electron chi connectivity index (χ1n) is 5.05. The van der Waals surface area contributed by atoms with Crippen molar-refractivity contribution < 1.29 is 4.74 Å². The molecule has 1 aliphatic rings. The van der Waals surface area contributed by atoms with E-state index in [2.05, 4.69) is 23.8 Å². The Balaban J connectivity index is 2.25. The molecule has 0 spiro atoms. The average molecular weight is 227 g/mol. The van der Waals surface area contributed by atoms with E-state index in [1.807, 2.05) is 0 Å². The molecule has 0 bridgehead atoms. The second-order valence-electron chi connectivity index (χ2n) is 4.72. The molecule has 2 rings (SSSR count). The van der Waals surface area contributed by atoms with Crippen LogP contribution in [-0.4, -0.2) is 17.1 Å². The minimum absolute atomic E-state index is 0.328. The average Bonchev–Trinajstić information content (AvgIpc) is 2.75. The van der Waals surface area contributed by atoms with Crippen molar-refractivity contribution in [2.45, 2.75) is 32.8 Å². The topological polar surface area (TPSA) is 35.0 Å². The van der Waals surface area contributed by atoms with Crippen LogP contribution in [0.25, 0.3) is 0 Å². The highest BCUT2D eigenvalue weighted by Crippen LogP contribution is 2.57. The lowest BCUT2D eigenvalue weighted by Gasteiger charge is -2.05. The summed E-state index contributed by atoms with van der Waals surface area (Å²) >= 11 is 5.94. The summed E-state index contributed by atoms with van der Waals surface area (Å²) in [5.74, 6) is 1.31. The molecule has 4 heteroatoms. The summed E-state index contributed by atoms with van der Waals surface area (Å²) in [4.78, 5) is 8.73. The summed E-state index contributed by atoms with van der Waals surface area (Å²) in [6.45, 7) is 4.93. The lowest BCUT2D eigenvalue weighted by atomic mass is 10.1. The number of aromatic nitrogens is 2. The molecule has 0 saturated heterocycles. The number of nitrogens with zero attached hydrogens (tertiary/aromatic N) is 2. The van der Waals surface area contributed by atoms with Gasteiger partial charge in [-0.1, -0.05) is 25.4 Å². The van der Waals surface area contributed by atoms with E-state index >= 15 is 0 Å². The van der Waals surface area contributed by atoms with Gasteiger partial charge in [-0.25, -0.2) is 9.97 Å². The van der Waals surface area contributed by atoms with E-state index in [1.165, 1.54) is 0 Å². The van der Waals surface area contributed by atoms with Crippen molar-refractivity contribution in [3.05, 3.63) is 22.7 Å². The van der Waals surface area contributed by atoms with Gasteiger partial charge in [0.25, 0.3) is 0 Å². The summed E-state index contributed by atoms with van der Waals surface area (Å²) in [7, 11) is 1.65. The molecule has 0 amide bonds. The molecule has 1 aliphatic carbocycles. The number of hydrogen-bond acceptors (Lipinski definition) is 3. The van der Waals surface area contributed by atoms with Crippen LogP contribution in [0.5, 0.6) is 0 Å². The monoisotopic (exact) mass is 226 g/mol. The van der Waals surface area contributed by atoms with Crippen molar-refractivity contribution in [1.29, 1.82) is 0 Å². The van der Waals surface area contributed by atoms with E-state index in [4.69, 9.17) is 16.3 Å². The van der Waals surface area contributed by atoms with Crippen LogP contribution in [-0.2, 0) is 11.3 Å². The van der Waals surface area contributed by atoms with Crippen LogP contribution in [0.15, 0.2) is 6.07 Å². The quantitative estimate of drug-likeness (QED) is 0.744. The number of halogens is 1. The zero-order valence-electron chi connectivity index (χ0n) is 9.25. The maximum atomic E-state index is 5.94. The SMILES string of the molecule is COCc1cc(Cl)nc(C2CC2(C)C)n1. The molecule has 1 heterocycles. The molecule has 3 nitrogen and oxygen atoms in total. The smallest absolute Gasteiger partial charge is 0.134 e. The Kier molecular flexibility index (Phi) is 2.69. The van der Waals surface area contributed by atoms with Crippen LogP contribution in [0.2, 0.25) is 5.15 Å². The van der Waals surface area contributed by atoms with Crippen molar-refractivity contribution in [1.82, 2.24) is 9.97 Å². The van der Waals surface area contributed by atoms with Crippen molar-refractivity contribution in [3.8, 4) is 0 Å². The largest absolute Gasteiger partial charge is 0.378 e. The van der Waals surface area contributed by atoms with Crippen molar-refractivity contribution in [3.63, 3.8) is 0 Å². The van der Waals surface area contributed by atoms with Gasteiger partial charge < -0.3 is 4.74 Å². The molecule has 15 heavy (non-hydrogen) atoms. The third kappa shape index (κ3) is 2.29. The molecule has 1 fully saturated rings. The molecule has 1 aromatic heterocycles. The Hall–Kier alpha value is -0.670. The molecule has 1 aromatic rings. The van der Waals surface area contributed by atoms with Crippen LogP contribution >= 0.6 is 11.6 Å². The second kappa shape index (κ2) is 3.72. The van der Waals surface area contributed by atoms with Gasteiger partial charge >= 0.3 is 0 Å².